The van der Waals surface area contributed by atoms with E-state index in [1.54, 1.807) is 0 Å². The van der Waals surface area contributed by atoms with Gasteiger partial charge >= 0.3 is 5.97 Å². The lowest BCUT2D eigenvalue weighted by Gasteiger charge is -2.33. The molecule has 4 heteroatoms. The van der Waals surface area contributed by atoms with Crippen LogP contribution in [0.1, 0.15) is 24.8 Å². The normalized spacial score (nSPS) is 26.2. The quantitative estimate of drug-likeness (QED) is 0.905. The van der Waals surface area contributed by atoms with Crippen molar-refractivity contribution >= 4 is 11.7 Å². The minimum Gasteiger partial charge on any atom is -0.479 e. The summed E-state index contributed by atoms with van der Waals surface area (Å²) in [5.74, 6) is -0.832. The number of fused-ring (bicyclic) bond motifs is 1. The molecule has 3 rings (SSSR count). The number of para-hydroxylation sites is 1. The maximum atomic E-state index is 10.9. The van der Waals surface area contributed by atoms with E-state index in [4.69, 9.17) is 9.84 Å². The highest BCUT2D eigenvalue weighted by atomic mass is 16.5. The van der Waals surface area contributed by atoms with Crippen LogP contribution in [0.5, 0.6) is 0 Å². The van der Waals surface area contributed by atoms with Gasteiger partial charge in [-0.3, -0.25) is 0 Å². The van der Waals surface area contributed by atoms with Gasteiger partial charge in [0.15, 0.2) is 6.10 Å². The van der Waals surface area contributed by atoms with Gasteiger partial charge < -0.3 is 14.7 Å². The third-order valence-corrected chi connectivity index (χ3v) is 4.01. The third kappa shape index (κ3) is 2.59. The number of carboxylic acids is 1. The molecule has 2 aliphatic heterocycles. The molecule has 2 heterocycles. The Morgan fingerprint density at radius 3 is 3.00 bits per heavy atom. The average molecular weight is 261 g/mol. The SMILES string of the molecule is O=C(O)C1CCC(CN2CCCc3ccccc32)O1. The second kappa shape index (κ2) is 5.21. The van der Waals surface area contributed by atoms with E-state index in [0.717, 1.165) is 32.4 Å². The molecule has 1 N–H and O–H groups in total. The Morgan fingerprint density at radius 1 is 1.37 bits per heavy atom. The number of benzene rings is 1. The van der Waals surface area contributed by atoms with Crippen molar-refractivity contribution in [1.29, 1.82) is 0 Å². The maximum Gasteiger partial charge on any atom is 0.332 e. The van der Waals surface area contributed by atoms with E-state index in [2.05, 4.69) is 29.2 Å². The predicted molar refractivity (Wildman–Crippen MR) is 72.5 cm³/mol. The number of anilines is 1. The lowest BCUT2D eigenvalue weighted by molar-refractivity contribution is -0.149. The largest absolute Gasteiger partial charge is 0.479 e. The van der Waals surface area contributed by atoms with Crippen LogP contribution in [0.15, 0.2) is 24.3 Å². The zero-order chi connectivity index (χ0) is 13.2. The van der Waals surface area contributed by atoms with Crippen LogP contribution in [0.4, 0.5) is 5.69 Å². The van der Waals surface area contributed by atoms with Crippen LogP contribution < -0.4 is 4.90 Å². The van der Waals surface area contributed by atoms with Crippen molar-refractivity contribution in [1.82, 2.24) is 0 Å². The van der Waals surface area contributed by atoms with Crippen molar-refractivity contribution in [2.75, 3.05) is 18.0 Å². The second-order valence-electron chi connectivity index (χ2n) is 5.34. The molecule has 0 bridgehead atoms. The average Bonchev–Trinajstić information content (AvgIpc) is 2.88. The standard InChI is InChI=1S/C15H19NO3/c17-15(18)14-8-7-12(19-14)10-16-9-3-5-11-4-1-2-6-13(11)16/h1-2,4,6,12,14H,3,5,7-10H2,(H,17,18). The van der Waals surface area contributed by atoms with Crippen molar-refractivity contribution in [2.45, 2.75) is 37.9 Å². The fraction of sp³-hybridized carbons (Fsp3) is 0.533. The highest BCUT2D eigenvalue weighted by Crippen LogP contribution is 2.29. The number of aliphatic carboxylic acids is 1. The molecule has 0 spiro atoms. The number of nitrogens with zero attached hydrogens (tertiary/aromatic N) is 1. The van der Waals surface area contributed by atoms with Gasteiger partial charge in [-0.05, 0) is 37.3 Å². The summed E-state index contributed by atoms with van der Waals surface area (Å²) in [5.41, 5.74) is 2.68. The van der Waals surface area contributed by atoms with Crippen molar-refractivity contribution in [3.8, 4) is 0 Å². The Hall–Kier alpha value is -1.55. The number of hydrogen-bond acceptors (Lipinski definition) is 3. The Morgan fingerprint density at radius 2 is 2.21 bits per heavy atom. The number of ether oxygens (including phenoxy) is 1. The summed E-state index contributed by atoms with van der Waals surface area (Å²) >= 11 is 0. The van der Waals surface area contributed by atoms with Crippen molar-refractivity contribution in [3.05, 3.63) is 29.8 Å². The highest BCUT2D eigenvalue weighted by Gasteiger charge is 2.32. The number of carbonyl (C=O) groups is 1. The molecular formula is C15H19NO3. The van der Waals surface area contributed by atoms with Gasteiger partial charge in [-0.2, -0.15) is 0 Å². The molecule has 19 heavy (non-hydrogen) atoms. The summed E-state index contributed by atoms with van der Waals surface area (Å²) in [6.07, 6.45) is 3.21. The number of rotatable bonds is 3. The van der Waals surface area contributed by atoms with Gasteiger partial charge in [-0.15, -0.1) is 0 Å². The maximum absolute atomic E-state index is 10.9. The summed E-state index contributed by atoms with van der Waals surface area (Å²) in [5, 5.41) is 8.96. The summed E-state index contributed by atoms with van der Waals surface area (Å²) in [7, 11) is 0. The Kier molecular flexibility index (Phi) is 3.42. The molecule has 0 aliphatic carbocycles. The van der Waals surface area contributed by atoms with Crippen LogP contribution in [0.25, 0.3) is 0 Å². The zero-order valence-corrected chi connectivity index (χ0v) is 10.9. The second-order valence-corrected chi connectivity index (χ2v) is 5.34. The first-order chi connectivity index (χ1) is 9.24. The van der Waals surface area contributed by atoms with Gasteiger partial charge in [0.05, 0.1) is 6.10 Å². The smallest absolute Gasteiger partial charge is 0.332 e. The van der Waals surface area contributed by atoms with Crippen molar-refractivity contribution < 1.29 is 14.6 Å². The minimum atomic E-state index is -0.832. The Labute approximate surface area is 113 Å². The zero-order valence-electron chi connectivity index (χ0n) is 10.9. The van der Waals surface area contributed by atoms with Crippen molar-refractivity contribution in [3.63, 3.8) is 0 Å². The topological polar surface area (TPSA) is 49.8 Å². The summed E-state index contributed by atoms with van der Waals surface area (Å²) in [6.45, 7) is 1.84. The molecule has 1 saturated heterocycles. The first-order valence-electron chi connectivity index (χ1n) is 6.95. The first-order valence-corrected chi connectivity index (χ1v) is 6.95. The van der Waals surface area contributed by atoms with Gasteiger partial charge in [-0.25, -0.2) is 4.79 Å². The number of carboxylic acid groups (broad SMARTS) is 1. The molecule has 102 valence electrons. The number of aryl methyl sites for hydroxylation is 1. The van der Waals surface area contributed by atoms with E-state index in [9.17, 15) is 4.79 Å². The van der Waals surface area contributed by atoms with Crippen molar-refractivity contribution in [2.24, 2.45) is 0 Å². The molecule has 1 fully saturated rings. The molecule has 4 nitrogen and oxygen atoms in total. The number of hydrogen-bond donors (Lipinski definition) is 1. The Bertz CT molecular complexity index is 474. The molecule has 1 aromatic carbocycles. The molecule has 2 unspecified atom stereocenters. The van der Waals surface area contributed by atoms with Crippen LogP contribution in [0, 0.1) is 0 Å². The molecule has 0 saturated carbocycles. The Balaban J connectivity index is 1.67. The fourth-order valence-electron chi connectivity index (χ4n) is 3.07. The summed E-state index contributed by atoms with van der Waals surface area (Å²) in [6, 6.07) is 8.47. The summed E-state index contributed by atoms with van der Waals surface area (Å²) < 4.78 is 5.60. The van der Waals surface area contributed by atoms with Gasteiger partial charge in [0.1, 0.15) is 0 Å². The van der Waals surface area contributed by atoms with E-state index in [1.165, 1.54) is 11.3 Å². The van der Waals surface area contributed by atoms with Gasteiger partial charge in [0, 0.05) is 18.8 Å². The van der Waals surface area contributed by atoms with E-state index < -0.39 is 12.1 Å². The van der Waals surface area contributed by atoms with E-state index >= 15 is 0 Å². The van der Waals surface area contributed by atoms with Gasteiger partial charge in [-0.1, -0.05) is 18.2 Å². The molecule has 1 aromatic rings. The van der Waals surface area contributed by atoms with E-state index in [1.807, 2.05) is 0 Å². The van der Waals surface area contributed by atoms with Crippen LogP contribution in [-0.2, 0) is 16.0 Å². The van der Waals surface area contributed by atoms with Crippen LogP contribution in [0.3, 0.4) is 0 Å². The fourth-order valence-corrected chi connectivity index (χ4v) is 3.07. The van der Waals surface area contributed by atoms with Crippen LogP contribution in [0.2, 0.25) is 0 Å². The van der Waals surface area contributed by atoms with Crippen LogP contribution in [-0.4, -0.2) is 36.4 Å². The van der Waals surface area contributed by atoms with Gasteiger partial charge in [0.25, 0.3) is 0 Å². The van der Waals surface area contributed by atoms with E-state index in [-0.39, 0.29) is 6.10 Å². The lowest BCUT2D eigenvalue weighted by atomic mass is 10.0. The van der Waals surface area contributed by atoms with Gasteiger partial charge in [0.2, 0.25) is 0 Å². The van der Waals surface area contributed by atoms with E-state index in [0.29, 0.717) is 6.42 Å². The molecule has 0 amide bonds. The molecular weight excluding hydrogens is 242 g/mol. The molecule has 2 atom stereocenters. The van der Waals surface area contributed by atoms with Crippen LogP contribution >= 0.6 is 0 Å². The minimum absolute atomic E-state index is 0.0484. The molecule has 0 radical (unpaired) electrons. The predicted octanol–water partition coefficient (Wildman–Crippen LogP) is 2.07. The monoisotopic (exact) mass is 261 g/mol. The third-order valence-electron chi connectivity index (χ3n) is 4.01. The summed E-state index contributed by atoms with van der Waals surface area (Å²) in [4.78, 5) is 13.2. The molecule has 2 aliphatic rings. The lowest BCUT2D eigenvalue weighted by Crippen LogP contribution is -2.36. The first kappa shape index (κ1) is 12.5. The highest BCUT2D eigenvalue weighted by molar-refractivity contribution is 5.72. The molecule has 0 aromatic heterocycles.